The molecule has 0 saturated carbocycles. The zero-order valence-electron chi connectivity index (χ0n) is 17.7. The third-order valence-electron chi connectivity index (χ3n) is 5.07. The van der Waals surface area contributed by atoms with Crippen LogP contribution in [-0.2, 0) is 17.8 Å². The number of nitrogens with zero attached hydrogens (tertiary/aromatic N) is 3. The Bertz CT molecular complexity index is 1210. The minimum Gasteiger partial charge on any atom is -0.493 e. The van der Waals surface area contributed by atoms with Crippen LogP contribution in [0.2, 0.25) is 0 Å². The summed E-state index contributed by atoms with van der Waals surface area (Å²) in [5.41, 5.74) is 2.95. The lowest BCUT2D eigenvalue weighted by Crippen LogP contribution is -2.08. The molecule has 0 radical (unpaired) electrons. The average molecular weight is 437 g/mol. The highest BCUT2D eigenvalue weighted by molar-refractivity contribution is 7.99. The fourth-order valence-corrected chi connectivity index (χ4v) is 4.41. The number of thioether (sulfide) groups is 1. The van der Waals surface area contributed by atoms with Gasteiger partial charge in [-0.1, -0.05) is 36.0 Å². The number of hydrogen-bond acceptors (Lipinski definition) is 6. The van der Waals surface area contributed by atoms with Gasteiger partial charge in [-0.15, -0.1) is 10.2 Å². The Balaban J connectivity index is 1.47. The summed E-state index contributed by atoms with van der Waals surface area (Å²) in [5.74, 6) is 2.50. The van der Waals surface area contributed by atoms with Crippen molar-refractivity contribution in [2.75, 3.05) is 20.0 Å². The SMILES string of the molecule is CCn1c(SCC(=O)Cc2ccc(OC)c(OC)c2)nnc1-c1c[nH]c2ccccc12. The normalized spacial score (nSPS) is 11.1. The van der Waals surface area contributed by atoms with Crippen LogP contribution in [-0.4, -0.2) is 45.5 Å². The summed E-state index contributed by atoms with van der Waals surface area (Å²) < 4.78 is 12.6. The predicted molar refractivity (Wildman–Crippen MR) is 122 cm³/mol. The van der Waals surface area contributed by atoms with Crippen LogP contribution in [0.4, 0.5) is 0 Å². The summed E-state index contributed by atoms with van der Waals surface area (Å²) in [7, 11) is 3.18. The zero-order chi connectivity index (χ0) is 21.8. The molecule has 8 heteroatoms. The summed E-state index contributed by atoms with van der Waals surface area (Å²) in [6.45, 7) is 2.77. The van der Waals surface area contributed by atoms with Crippen LogP contribution in [0.15, 0.2) is 53.8 Å². The van der Waals surface area contributed by atoms with Gasteiger partial charge in [0.25, 0.3) is 0 Å². The largest absolute Gasteiger partial charge is 0.493 e. The van der Waals surface area contributed by atoms with Crippen molar-refractivity contribution in [1.82, 2.24) is 19.7 Å². The molecule has 31 heavy (non-hydrogen) atoms. The Kier molecular flexibility index (Phi) is 6.27. The van der Waals surface area contributed by atoms with Gasteiger partial charge >= 0.3 is 0 Å². The number of ether oxygens (including phenoxy) is 2. The Morgan fingerprint density at radius 3 is 2.68 bits per heavy atom. The first-order valence-electron chi connectivity index (χ1n) is 9.99. The molecule has 160 valence electrons. The number of H-pyrrole nitrogens is 1. The number of methoxy groups -OCH3 is 2. The minimum atomic E-state index is 0.108. The second-order valence-corrected chi connectivity index (χ2v) is 7.93. The van der Waals surface area contributed by atoms with Gasteiger partial charge in [0, 0.05) is 35.6 Å². The van der Waals surface area contributed by atoms with Gasteiger partial charge in [-0.25, -0.2) is 0 Å². The number of Topliss-reactive ketones (excluding diaryl/α,β-unsaturated/α-hetero) is 1. The molecule has 2 aromatic heterocycles. The number of nitrogens with one attached hydrogen (secondary N) is 1. The van der Waals surface area contributed by atoms with E-state index in [2.05, 4.69) is 28.2 Å². The number of aromatic nitrogens is 4. The second kappa shape index (κ2) is 9.26. The molecule has 0 aliphatic carbocycles. The Morgan fingerprint density at radius 1 is 1.10 bits per heavy atom. The molecular formula is C23H24N4O3S. The molecule has 0 aliphatic heterocycles. The van der Waals surface area contributed by atoms with Crippen LogP contribution in [0.3, 0.4) is 0 Å². The van der Waals surface area contributed by atoms with Crippen LogP contribution in [0, 0.1) is 0 Å². The van der Waals surface area contributed by atoms with E-state index in [0.717, 1.165) is 33.0 Å². The van der Waals surface area contributed by atoms with Crippen molar-refractivity contribution in [3.8, 4) is 22.9 Å². The quantitative estimate of drug-likeness (QED) is 0.393. The second-order valence-electron chi connectivity index (χ2n) is 6.99. The number of ketones is 1. The van der Waals surface area contributed by atoms with Crippen molar-refractivity contribution in [3.63, 3.8) is 0 Å². The first kappa shape index (κ1) is 21.0. The molecule has 1 N–H and O–H groups in total. The van der Waals surface area contributed by atoms with Gasteiger partial charge in [-0.05, 0) is 30.7 Å². The van der Waals surface area contributed by atoms with E-state index in [1.807, 2.05) is 47.2 Å². The van der Waals surface area contributed by atoms with Gasteiger partial charge in [0.15, 0.2) is 22.5 Å². The molecule has 0 unspecified atom stereocenters. The van der Waals surface area contributed by atoms with Gasteiger partial charge in [-0.3, -0.25) is 4.79 Å². The maximum Gasteiger partial charge on any atom is 0.191 e. The summed E-state index contributed by atoms with van der Waals surface area (Å²) in [6, 6.07) is 13.6. The molecule has 0 bridgehead atoms. The smallest absolute Gasteiger partial charge is 0.191 e. The number of hydrogen-bond donors (Lipinski definition) is 1. The van der Waals surface area contributed by atoms with Gasteiger partial charge in [-0.2, -0.15) is 0 Å². The molecule has 2 aromatic carbocycles. The van der Waals surface area contributed by atoms with E-state index in [4.69, 9.17) is 9.47 Å². The third-order valence-corrected chi connectivity index (χ3v) is 6.10. The molecule has 0 amide bonds. The van der Waals surface area contributed by atoms with E-state index < -0.39 is 0 Å². The molecule has 0 atom stereocenters. The number of rotatable bonds is 9. The number of carbonyl (C=O) groups excluding carboxylic acids is 1. The zero-order valence-corrected chi connectivity index (χ0v) is 18.5. The highest BCUT2D eigenvalue weighted by Crippen LogP contribution is 2.30. The van der Waals surface area contributed by atoms with Crippen LogP contribution in [0.1, 0.15) is 12.5 Å². The van der Waals surface area contributed by atoms with Gasteiger partial charge in [0.2, 0.25) is 0 Å². The van der Waals surface area contributed by atoms with Gasteiger partial charge in [0.05, 0.1) is 20.0 Å². The number of para-hydroxylation sites is 1. The molecule has 4 rings (SSSR count). The topological polar surface area (TPSA) is 82.0 Å². The molecule has 0 aliphatic rings. The number of fused-ring (bicyclic) bond motifs is 1. The van der Waals surface area contributed by atoms with E-state index >= 15 is 0 Å². The van der Waals surface area contributed by atoms with Crippen molar-refractivity contribution in [3.05, 3.63) is 54.2 Å². The predicted octanol–water partition coefficient (Wildman–Crippen LogP) is 4.37. The van der Waals surface area contributed by atoms with Crippen LogP contribution in [0.5, 0.6) is 11.5 Å². The van der Waals surface area contributed by atoms with E-state index in [9.17, 15) is 4.79 Å². The molecule has 7 nitrogen and oxygen atoms in total. The number of carbonyl (C=O) groups is 1. The molecular weight excluding hydrogens is 412 g/mol. The number of benzene rings is 2. The number of aromatic amines is 1. The summed E-state index contributed by atoms with van der Waals surface area (Å²) in [6.07, 6.45) is 2.28. The fourth-order valence-electron chi connectivity index (χ4n) is 3.55. The van der Waals surface area contributed by atoms with Gasteiger partial charge in [0.1, 0.15) is 5.78 Å². The van der Waals surface area contributed by atoms with Crippen LogP contribution < -0.4 is 9.47 Å². The highest BCUT2D eigenvalue weighted by Gasteiger charge is 2.17. The molecule has 0 fully saturated rings. The van der Waals surface area contributed by atoms with E-state index in [1.165, 1.54) is 11.8 Å². The molecule has 2 heterocycles. The van der Waals surface area contributed by atoms with Gasteiger partial charge < -0.3 is 19.0 Å². The highest BCUT2D eigenvalue weighted by atomic mass is 32.2. The van der Waals surface area contributed by atoms with Crippen LogP contribution >= 0.6 is 11.8 Å². The van der Waals surface area contributed by atoms with Crippen LogP contribution in [0.25, 0.3) is 22.3 Å². The molecule has 0 saturated heterocycles. The summed E-state index contributed by atoms with van der Waals surface area (Å²) >= 11 is 1.41. The Hall–Kier alpha value is -3.26. The summed E-state index contributed by atoms with van der Waals surface area (Å²) in [5, 5.41) is 10.6. The van der Waals surface area contributed by atoms with Crippen molar-refractivity contribution < 1.29 is 14.3 Å². The first-order chi connectivity index (χ1) is 15.1. The van der Waals surface area contributed by atoms with Crippen molar-refractivity contribution in [2.24, 2.45) is 0 Å². The first-order valence-corrected chi connectivity index (χ1v) is 11.0. The third kappa shape index (κ3) is 4.29. The fraction of sp³-hybridized carbons (Fsp3) is 0.261. The maximum atomic E-state index is 12.6. The average Bonchev–Trinajstić information content (AvgIpc) is 3.40. The van der Waals surface area contributed by atoms with Crippen molar-refractivity contribution >= 4 is 28.4 Å². The standard InChI is InChI=1S/C23H24N4O3S/c1-4-27-22(18-13-24-19-8-6-5-7-17(18)19)25-26-23(27)31-14-16(28)11-15-9-10-20(29-2)21(12-15)30-3/h5-10,12-13,24H,4,11,14H2,1-3H3. The molecule has 4 aromatic rings. The Labute approximate surface area is 184 Å². The lowest BCUT2D eigenvalue weighted by atomic mass is 10.1. The lowest BCUT2D eigenvalue weighted by molar-refractivity contribution is -0.116. The minimum absolute atomic E-state index is 0.108. The monoisotopic (exact) mass is 436 g/mol. The lowest BCUT2D eigenvalue weighted by Gasteiger charge is -2.09. The van der Waals surface area contributed by atoms with E-state index in [1.54, 1.807) is 14.2 Å². The molecule has 0 spiro atoms. The summed E-state index contributed by atoms with van der Waals surface area (Å²) in [4.78, 5) is 15.9. The maximum absolute atomic E-state index is 12.6. The van der Waals surface area contributed by atoms with E-state index in [0.29, 0.717) is 30.2 Å². The van der Waals surface area contributed by atoms with Crippen molar-refractivity contribution in [1.29, 1.82) is 0 Å². The van der Waals surface area contributed by atoms with Crippen molar-refractivity contribution in [2.45, 2.75) is 25.0 Å². The van der Waals surface area contributed by atoms with E-state index in [-0.39, 0.29) is 5.78 Å². The Morgan fingerprint density at radius 2 is 1.90 bits per heavy atom.